The molecule has 2 nitrogen and oxygen atoms in total. The van der Waals surface area contributed by atoms with Crippen LogP contribution < -0.4 is 0 Å². The Morgan fingerprint density at radius 1 is 1.25 bits per heavy atom. The van der Waals surface area contributed by atoms with E-state index in [2.05, 4.69) is 25.3 Å². The SMILES string of the molecule is Cc1ccc(C(=O)N(Cc2cccs2)C2CC2)cc1C. The maximum atomic E-state index is 12.7. The molecule has 0 N–H and O–H groups in total. The van der Waals surface area contributed by atoms with E-state index in [1.54, 1.807) is 11.3 Å². The molecule has 20 heavy (non-hydrogen) atoms. The van der Waals surface area contributed by atoms with Crippen molar-refractivity contribution < 1.29 is 4.79 Å². The lowest BCUT2D eigenvalue weighted by atomic mass is 10.1. The average molecular weight is 285 g/mol. The summed E-state index contributed by atoms with van der Waals surface area (Å²) in [5.74, 6) is 0.170. The summed E-state index contributed by atoms with van der Waals surface area (Å²) in [5.41, 5.74) is 3.23. The van der Waals surface area contributed by atoms with E-state index in [0.29, 0.717) is 6.04 Å². The molecule has 1 fully saturated rings. The van der Waals surface area contributed by atoms with Gasteiger partial charge in [0.05, 0.1) is 6.54 Å². The van der Waals surface area contributed by atoms with Crippen molar-refractivity contribution in [3.8, 4) is 0 Å². The number of thiophene rings is 1. The number of carbonyl (C=O) groups is 1. The summed E-state index contributed by atoms with van der Waals surface area (Å²) in [6.45, 7) is 4.88. The van der Waals surface area contributed by atoms with Gasteiger partial charge >= 0.3 is 0 Å². The van der Waals surface area contributed by atoms with Crippen LogP contribution in [0.15, 0.2) is 35.7 Å². The molecule has 3 heteroatoms. The average Bonchev–Trinajstić information content (AvgIpc) is 3.15. The largest absolute Gasteiger partial charge is 0.331 e. The number of hydrogen-bond acceptors (Lipinski definition) is 2. The molecule has 3 rings (SSSR count). The molecule has 0 spiro atoms. The van der Waals surface area contributed by atoms with Gasteiger partial charge in [-0.05, 0) is 61.4 Å². The predicted molar refractivity (Wildman–Crippen MR) is 83.1 cm³/mol. The topological polar surface area (TPSA) is 20.3 Å². The van der Waals surface area contributed by atoms with Crippen molar-refractivity contribution in [2.45, 2.75) is 39.3 Å². The van der Waals surface area contributed by atoms with E-state index in [-0.39, 0.29) is 5.91 Å². The Bertz CT molecular complexity index is 614. The lowest BCUT2D eigenvalue weighted by Gasteiger charge is -2.22. The van der Waals surface area contributed by atoms with Crippen molar-refractivity contribution in [3.05, 3.63) is 57.3 Å². The summed E-state index contributed by atoms with van der Waals surface area (Å²) in [6.07, 6.45) is 2.28. The fourth-order valence-electron chi connectivity index (χ4n) is 2.36. The molecule has 1 aliphatic rings. The minimum Gasteiger partial charge on any atom is -0.331 e. The number of nitrogens with zero attached hydrogens (tertiary/aromatic N) is 1. The molecule has 0 saturated heterocycles. The van der Waals surface area contributed by atoms with Crippen LogP contribution in [0.25, 0.3) is 0 Å². The molecule has 1 aromatic heterocycles. The molecule has 0 radical (unpaired) electrons. The molecule has 1 aromatic carbocycles. The molecular weight excluding hydrogens is 266 g/mol. The molecule has 0 unspecified atom stereocenters. The first-order chi connectivity index (χ1) is 9.65. The van der Waals surface area contributed by atoms with Gasteiger partial charge in [-0.15, -0.1) is 11.3 Å². The Labute approximate surface area is 124 Å². The van der Waals surface area contributed by atoms with Gasteiger partial charge in [-0.25, -0.2) is 0 Å². The van der Waals surface area contributed by atoms with Crippen LogP contribution in [0, 0.1) is 13.8 Å². The highest BCUT2D eigenvalue weighted by atomic mass is 32.1. The Balaban J connectivity index is 1.83. The third-order valence-corrected chi connectivity index (χ3v) is 4.77. The number of carbonyl (C=O) groups excluding carboxylic acids is 1. The predicted octanol–water partition coefficient (Wildman–Crippen LogP) is 4.17. The monoisotopic (exact) mass is 285 g/mol. The summed E-state index contributed by atoms with van der Waals surface area (Å²) in [6, 6.07) is 10.6. The third-order valence-electron chi connectivity index (χ3n) is 3.91. The van der Waals surface area contributed by atoms with Crippen molar-refractivity contribution >= 4 is 17.2 Å². The smallest absolute Gasteiger partial charge is 0.254 e. The summed E-state index contributed by atoms with van der Waals surface area (Å²) in [7, 11) is 0. The Hall–Kier alpha value is -1.61. The third kappa shape index (κ3) is 2.78. The maximum absolute atomic E-state index is 12.7. The molecule has 2 aromatic rings. The highest BCUT2D eigenvalue weighted by Gasteiger charge is 2.33. The first-order valence-corrected chi connectivity index (χ1v) is 7.94. The maximum Gasteiger partial charge on any atom is 0.254 e. The standard InChI is InChI=1S/C17H19NOS/c1-12-5-6-14(10-13(12)2)17(19)18(15-7-8-15)11-16-4-3-9-20-16/h3-6,9-10,15H,7-8,11H2,1-2H3. The van der Waals surface area contributed by atoms with Crippen molar-refractivity contribution in [3.63, 3.8) is 0 Å². The molecule has 0 aliphatic heterocycles. The van der Waals surface area contributed by atoms with E-state index in [9.17, 15) is 4.79 Å². The lowest BCUT2D eigenvalue weighted by Crippen LogP contribution is -2.32. The lowest BCUT2D eigenvalue weighted by molar-refractivity contribution is 0.0731. The first kappa shape index (κ1) is 13.4. The van der Waals surface area contributed by atoms with Crippen LogP contribution in [0.4, 0.5) is 0 Å². The van der Waals surface area contributed by atoms with E-state index < -0.39 is 0 Å². The minimum atomic E-state index is 0.170. The summed E-state index contributed by atoms with van der Waals surface area (Å²) < 4.78 is 0. The normalized spacial score (nSPS) is 14.3. The summed E-state index contributed by atoms with van der Waals surface area (Å²) in [4.78, 5) is 16.0. The van der Waals surface area contributed by atoms with Crippen LogP contribution in [0.5, 0.6) is 0 Å². The van der Waals surface area contributed by atoms with Gasteiger partial charge in [0.25, 0.3) is 5.91 Å². The molecule has 0 atom stereocenters. The van der Waals surface area contributed by atoms with Crippen LogP contribution in [0.2, 0.25) is 0 Å². The van der Waals surface area contributed by atoms with Gasteiger partial charge in [-0.1, -0.05) is 12.1 Å². The second-order valence-electron chi connectivity index (χ2n) is 5.54. The molecule has 1 aliphatic carbocycles. The quantitative estimate of drug-likeness (QED) is 0.825. The van der Waals surface area contributed by atoms with E-state index in [1.807, 2.05) is 29.2 Å². The van der Waals surface area contributed by atoms with Crippen LogP contribution >= 0.6 is 11.3 Å². The Morgan fingerprint density at radius 3 is 2.65 bits per heavy atom. The van der Waals surface area contributed by atoms with E-state index in [0.717, 1.165) is 24.9 Å². The molecule has 1 saturated carbocycles. The number of amides is 1. The number of benzene rings is 1. The van der Waals surface area contributed by atoms with Crippen molar-refractivity contribution in [1.82, 2.24) is 4.90 Å². The highest BCUT2D eigenvalue weighted by molar-refractivity contribution is 7.09. The van der Waals surface area contributed by atoms with E-state index in [1.165, 1.54) is 16.0 Å². The van der Waals surface area contributed by atoms with Gasteiger partial charge in [-0.2, -0.15) is 0 Å². The van der Waals surface area contributed by atoms with E-state index >= 15 is 0 Å². The minimum absolute atomic E-state index is 0.170. The highest BCUT2D eigenvalue weighted by Crippen LogP contribution is 2.30. The number of rotatable bonds is 4. The Morgan fingerprint density at radius 2 is 2.05 bits per heavy atom. The zero-order chi connectivity index (χ0) is 14.1. The fraction of sp³-hybridized carbons (Fsp3) is 0.353. The zero-order valence-electron chi connectivity index (χ0n) is 11.9. The van der Waals surface area contributed by atoms with Gasteiger partial charge in [0.2, 0.25) is 0 Å². The summed E-state index contributed by atoms with van der Waals surface area (Å²) in [5, 5.41) is 2.07. The van der Waals surface area contributed by atoms with Gasteiger partial charge in [-0.3, -0.25) is 4.79 Å². The molecule has 1 amide bonds. The second kappa shape index (κ2) is 5.41. The molecular formula is C17H19NOS. The van der Waals surface area contributed by atoms with Crippen LogP contribution in [0.1, 0.15) is 39.2 Å². The Kier molecular flexibility index (Phi) is 3.62. The van der Waals surface area contributed by atoms with Gasteiger partial charge < -0.3 is 4.90 Å². The van der Waals surface area contributed by atoms with Gasteiger partial charge in [0, 0.05) is 16.5 Å². The van der Waals surface area contributed by atoms with Gasteiger partial charge in [0.15, 0.2) is 0 Å². The van der Waals surface area contributed by atoms with Crippen molar-refractivity contribution in [1.29, 1.82) is 0 Å². The molecule has 1 heterocycles. The van der Waals surface area contributed by atoms with E-state index in [4.69, 9.17) is 0 Å². The van der Waals surface area contributed by atoms with Crippen molar-refractivity contribution in [2.75, 3.05) is 0 Å². The van der Waals surface area contributed by atoms with Crippen LogP contribution in [0.3, 0.4) is 0 Å². The molecule has 0 bridgehead atoms. The number of hydrogen-bond donors (Lipinski definition) is 0. The number of aryl methyl sites for hydroxylation is 2. The second-order valence-corrected chi connectivity index (χ2v) is 6.57. The molecule has 104 valence electrons. The van der Waals surface area contributed by atoms with Crippen LogP contribution in [-0.2, 0) is 6.54 Å². The van der Waals surface area contributed by atoms with Crippen LogP contribution in [-0.4, -0.2) is 16.8 Å². The fourth-order valence-corrected chi connectivity index (χ4v) is 3.07. The van der Waals surface area contributed by atoms with Crippen molar-refractivity contribution in [2.24, 2.45) is 0 Å². The zero-order valence-corrected chi connectivity index (χ0v) is 12.7. The van der Waals surface area contributed by atoms with Gasteiger partial charge in [0.1, 0.15) is 0 Å². The first-order valence-electron chi connectivity index (χ1n) is 7.06. The summed E-state index contributed by atoms with van der Waals surface area (Å²) >= 11 is 1.72.